The number of rotatable bonds is 11. The highest BCUT2D eigenvalue weighted by Crippen LogP contribution is 2.36. The average Bonchev–Trinajstić information content (AvgIpc) is 3.67. The van der Waals surface area contributed by atoms with E-state index in [1.54, 1.807) is 54.6 Å². The molecule has 3 aromatic carbocycles. The largest absolute Gasteiger partial charge is 0.461 e. The van der Waals surface area contributed by atoms with Gasteiger partial charge in [-0.3, -0.25) is 10.1 Å². The van der Waals surface area contributed by atoms with Crippen molar-refractivity contribution in [2.75, 3.05) is 13.2 Å². The van der Waals surface area contributed by atoms with Gasteiger partial charge in [-0.05, 0) is 43.3 Å². The summed E-state index contributed by atoms with van der Waals surface area (Å²) in [5.74, 6) is -3.43. The fraction of sp³-hybridized carbons (Fsp3) is 0.219. The number of nitrogens with zero attached hydrogens (tertiary/aromatic N) is 3. The van der Waals surface area contributed by atoms with Crippen molar-refractivity contribution in [3.05, 3.63) is 130 Å². The van der Waals surface area contributed by atoms with Crippen LogP contribution in [0.4, 0.5) is 5.69 Å². The molecule has 0 saturated carbocycles. The number of benzene rings is 3. The predicted octanol–water partition coefficient (Wildman–Crippen LogP) is 4.17. The average molecular weight is 630 g/mol. The third-order valence-electron chi connectivity index (χ3n) is 6.82. The molecule has 1 saturated heterocycles. The molecule has 1 aliphatic heterocycles. The molecule has 4 aromatic rings. The SMILES string of the molecule is CCOC(=O)c1nn([C@H]2O[C@H](COC(=O)c3ccccc3)[C@@H](OC(=O)c3ccccc3)[C@@H]2OC(=O)c2ccccc2)cc1[N+](=O)[O-]. The van der Waals surface area contributed by atoms with Gasteiger partial charge in [0.05, 0.1) is 28.2 Å². The third kappa shape index (κ3) is 7.08. The van der Waals surface area contributed by atoms with Crippen LogP contribution < -0.4 is 0 Å². The molecule has 2 heterocycles. The topological polar surface area (TPSA) is 175 Å². The minimum Gasteiger partial charge on any atom is -0.461 e. The van der Waals surface area contributed by atoms with E-state index in [4.69, 9.17) is 23.7 Å². The highest BCUT2D eigenvalue weighted by molar-refractivity contribution is 5.92. The minimum atomic E-state index is -1.49. The Labute approximate surface area is 261 Å². The third-order valence-corrected chi connectivity index (χ3v) is 6.82. The van der Waals surface area contributed by atoms with Crippen molar-refractivity contribution in [2.24, 2.45) is 0 Å². The van der Waals surface area contributed by atoms with Crippen molar-refractivity contribution in [1.29, 1.82) is 0 Å². The zero-order valence-electron chi connectivity index (χ0n) is 24.3. The smallest absolute Gasteiger partial charge is 0.366 e. The maximum Gasteiger partial charge on any atom is 0.366 e. The normalized spacial score (nSPS) is 18.7. The number of carbonyl (C=O) groups is 4. The van der Waals surface area contributed by atoms with Gasteiger partial charge >= 0.3 is 29.6 Å². The van der Waals surface area contributed by atoms with E-state index in [-0.39, 0.29) is 23.3 Å². The van der Waals surface area contributed by atoms with E-state index in [0.717, 1.165) is 10.9 Å². The zero-order chi connectivity index (χ0) is 32.6. The van der Waals surface area contributed by atoms with Crippen LogP contribution in [0.2, 0.25) is 0 Å². The summed E-state index contributed by atoms with van der Waals surface area (Å²) in [4.78, 5) is 62.9. The van der Waals surface area contributed by atoms with Crippen molar-refractivity contribution in [3.63, 3.8) is 0 Å². The molecule has 1 aliphatic rings. The molecular formula is C32H27N3O11. The van der Waals surface area contributed by atoms with Gasteiger partial charge in [-0.2, -0.15) is 5.10 Å². The second kappa shape index (κ2) is 14.3. The molecule has 1 fully saturated rings. The van der Waals surface area contributed by atoms with E-state index in [9.17, 15) is 29.3 Å². The maximum absolute atomic E-state index is 13.3. The predicted molar refractivity (Wildman–Crippen MR) is 157 cm³/mol. The molecule has 0 bridgehead atoms. The number of hydrogen-bond acceptors (Lipinski definition) is 12. The first-order valence-electron chi connectivity index (χ1n) is 14.1. The van der Waals surface area contributed by atoms with Gasteiger partial charge in [0.25, 0.3) is 0 Å². The molecule has 1 aromatic heterocycles. The van der Waals surface area contributed by atoms with Crippen molar-refractivity contribution in [1.82, 2.24) is 9.78 Å². The Kier molecular flexibility index (Phi) is 9.78. The summed E-state index contributed by atoms with van der Waals surface area (Å²) in [5.41, 5.74) is -0.776. The summed E-state index contributed by atoms with van der Waals surface area (Å²) in [7, 11) is 0. The Morgan fingerprint density at radius 1 is 0.761 bits per heavy atom. The molecule has 0 unspecified atom stereocenters. The van der Waals surface area contributed by atoms with E-state index >= 15 is 0 Å². The number of hydrogen-bond donors (Lipinski definition) is 0. The molecule has 0 radical (unpaired) electrons. The quantitative estimate of drug-likeness (QED) is 0.100. The number of nitro groups is 1. The van der Waals surface area contributed by atoms with Gasteiger partial charge in [-0.25, -0.2) is 23.9 Å². The van der Waals surface area contributed by atoms with Crippen molar-refractivity contribution in [3.8, 4) is 0 Å². The van der Waals surface area contributed by atoms with Crippen LogP contribution >= 0.6 is 0 Å². The minimum absolute atomic E-state index is 0.0769. The molecule has 0 aliphatic carbocycles. The van der Waals surface area contributed by atoms with Crippen LogP contribution in [-0.2, 0) is 23.7 Å². The van der Waals surface area contributed by atoms with Crippen LogP contribution in [0.3, 0.4) is 0 Å². The fourth-order valence-electron chi connectivity index (χ4n) is 4.66. The van der Waals surface area contributed by atoms with Crippen molar-refractivity contribution in [2.45, 2.75) is 31.5 Å². The number of aromatic nitrogens is 2. The molecule has 0 spiro atoms. The lowest BCUT2D eigenvalue weighted by atomic mass is 10.1. The number of carbonyl (C=O) groups excluding carboxylic acids is 4. The fourth-order valence-corrected chi connectivity index (χ4v) is 4.66. The molecule has 236 valence electrons. The molecule has 14 nitrogen and oxygen atoms in total. The number of ether oxygens (including phenoxy) is 5. The molecule has 4 atom stereocenters. The Morgan fingerprint density at radius 3 is 1.76 bits per heavy atom. The Bertz CT molecular complexity index is 1710. The van der Waals surface area contributed by atoms with Crippen LogP contribution in [0.1, 0.15) is 54.7 Å². The monoisotopic (exact) mass is 629 g/mol. The van der Waals surface area contributed by atoms with Gasteiger partial charge in [0.1, 0.15) is 18.9 Å². The van der Waals surface area contributed by atoms with Crippen LogP contribution in [0.5, 0.6) is 0 Å². The summed E-state index contributed by atoms with van der Waals surface area (Å²) in [5, 5.41) is 15.9. The maximum atomic E-state index is 13.3. The molecule has 0 N–H and O–H groups in total. The van der Waals surface area contributed by atoms with Gasteiger partial charge in [0.15, 0.2) is 18.4 Å². The Morgan fingerprint density at radius 2 is 1.26 bits per heavy atom. The Hall–Kier alpha value is -5.89. The summed E-state index contributed by atoms with van der Waals surface area (Å²) < 4.78 is 29.1. The number of esters is 4. The van der Waals surface area contributed by atoms with E-state index in [1.165, 1.54) is 43.3 Å². The lowest BCUT2D eigenvalue weighted by Crippen LogP contribution is -2.41. The first-order valence-corrected chi connectivity index (χ1v) is 14.1. The lowest BCUT2D eigenvalue weighted by Gasteiger charge is -2.24. The van der Waals surface area contributed by atoms with Gasteiger partial charge in [0, 0.05) is 0 Å². The van der Waals surface area contributed by atoms with Crippen LogP contribution in [-0.4, -0.2) is 70.1 Å². The van der Waals surface area contributed by atoms with E-state index in [2.05, 4.69) is 5.10 Å². The zero-order valence-corrected chi connectivity index (χ0v) is 24.3. The second-order valence-electron chi connectivity index (χ2n) is 9.82. The van der Waals surface area contributed by atoms with E-state index in [1.807, 2.05) is 0 Å². The molecule has 0 amide bonds. The van der Waals surface area contributed by atoms with Gasteiger partial charge in [0.2, 0.25) is 5.69 Å². The highest BCUT2D eigenvalue weighted by atomic mass is 16.7. The van der Waals surface area contributed by atoms with Gasteiger partial charge in [-0.15, -0.1) is 0 Å². The van der Waals surface area contributed by atoms with Crippen LogP contribution in [0.15, 0.2) is 97.2 Å². The van der Waals surface area contributed by atoms with Crippen molar-refractivity contribution < 1.29 is 47.8 Å². The summed E-state index contributed by atoms with van der Waals surface area (Å²) in [6, 6.07) is 24.0. The molecule has 46 heavy (non-hydrogen) atoms. The van der Waals surface area contributed by atoms with Crippen molar-refractivity contribution >= 4 is 29.6 Å². The highest BCUT2D eigenvalue weighted by Gasteiger charge is 2.52. The molecule has 14 heteroatoms. The summed E-state index contributed by atoms with van der Waals surface area (Å²) in [6.45, 7) is 0.962. The van der Waals surface area contributed by atoms with Gasteiger partial charge in [-0.1, -0.05) is 54.6 Å². The molecular weight excluding hydrogens is 602 g/mol. The van der Waals surface area contributed by atoms with E-state index < -0.39 is 71.3 Å². The van der Waals surface area contributed by atoms with Crippen LogP contribution in [0.25, 0.3) is 0 Å². The lowest BCUT2D eigenvalue weighted by molar-refractivity contribution is -0.385. The van der Waals surface area contributed by atoms with E-state index in [0.29, 0.717) is 0 Å². The Balaban J connectivity index is 1.53. The standard InChI is InChI=1S/C32H27N3O11/c1-2-42-32(39)25-23(35(40)41)18-34(33-25)28-27(46-31(38)22-16-10-5-11-17-22)26(45-30(37)21-14-8-4-9-15-21)24(44-28)19-43-29(36)20-12-6-3-7-13-20/h3-18,24,26-28H,2,19H2,1H3/t24-,26-,27+,28+/m1/s1. The second-order valence-corrected chi connectivity index (χ2v) is 9.82. The first-order chi connectivity index (χ1) is 22.3. The summed E-state index contributed by atoms with van der Waals surface area (Å²) in [6.07, 6.45) is -4.73. The van der Waals surface area contributed by atoms with Crippen LogP contribution in [0, 0.1) is 10.1 Å². The first kappa shape index (κ1) is 31.5. The van der Waals surface area contributed by atoms with Gasteiger partial charge < -0.3 is 23.7 Å². The molecule has 5 rings (SSSR count). The summed E-state index contributed by atoms with van der Waals surface area (Å²) >= 11 is 0.